The molecule has 0 atom stereocenters. The van der Waals surface area contributed by atoms with Gasteiger partial charge in [-0.15, -0.1) is 0 Å². The van der Waals surface area contributed by atoms with Gasteiger partial charge >= 0.3 is 6.01 Å². The van der Waals surface area contributed by atoms with E-state index in [1.807, 2.05) is 0 Å². The first-order chi connectivity index (χ1) is 8.04. The molecule has 0 radical (unpaired) electrons. The summed E-state index contributed by atoms with van der Waals surface area (Å²) in [5.74, 6) is -0.320. The lowest BCUT2D eigenvalue weighted by atomic mass is 10.2. The van der Waals surface area contributed by atoms with E-state index in [2.05, 4.69) is 26.2 Å². The van der Waals surface area contributed by atoms with Crippen molar-refractivity contribution in [2.45, 2.75) is 6.92 Å². The monoisotopic (exact) mass is 295 g/mol. The minimum absolute atomic E-state index is 0.172. The number of nitrogens with one attached hydrogen (secondary N) is 1. The maximum absolute atomic E-state index is 11.8. The zero-order chi connectivity index (χ0) is 12.4. The second-order valence-corrected chi connectivity index (χ2v) is 4.44. The van der Waals surface area contributed by atoms with E-state index < -0.39 is 0 Å². The van der Waals surface area contributed by atoms with Crippen LogP contribution in [-0.4, -0.2) is 10.9 Å². The van der Waals surface area contributed by atoms with Crippen molar-refractivity contribution >= 4 is 33.5 Å². The third kappa shape index (κ3) is 2.85. The van der Waals surface area contributed by atoms with Crippen LogP contribution in [0.5, 0.6) is 0 Å². The first kappa shape index (κ1) is 11.7. The van der Waals surface area contributed by atoms with Crippen LogP contribution in [-0.2, 0) is 0 Å². The van der Waals surface area contributed by atoms with E-state index in [-0.39, 0.29) is 11.9 Å². The van der Waals surface area contributed by atoms with Crippen LogP contribution in [0.1, 0.15) is 16.1 Å². The first-order valence-electron chi connectivity index (χ1n) is 4.84. The van der Waals surface area contributed by atoms with Gasteiger partial charge in [-0.3, -0.25) is 10.1 Å². The number of nitrogens with zero attached hydrogens (tertiary/aromatic N) is 1. The Balaban J connectivity index is 2.19. The number of carbonyl (C=O) groups excluding carboxylic acids is 1. The predicted octanol–water partition coefficient (Wildman–Crippen LogP) is 2.58. The number of oxazole rings is 1. The Kier molecular flexibility index (Phi) is 3.14. The molecule has 2 aromatic rings. The topological polar surface area (TPSA) is 81.2 Å². The van der Waals surface area contributed by atoms with Gasteiger partial charge in [0, 0.05) is 15.7 Å². The maximum Gasteiger partial charge on any atom is 0.301 e. The van der Waals surface area contributed by atoms with Crippen molar-refractivity contribution in [2.24, 2.45) is 0 Å². The van der Waals surface area contributed by atoms with Gasteiger partial charge in [0.15, 0.2) is 0 Å². The van der Waals surface area contributed by atoms with Gasteiger partial charge in [-0.2, -0.15) is 4.98 Å². The molecule has 1 aromatic heterocycles. The molecule has 0 saturated carbocycles. The van der Waals surface area contributed by atoms with Crippen molar-refractivity contribution in [1.82, 2.24) is 4.98 Å². The summed E-state index contributed by atoms with van der Waals surface area (Å²) in [6, 6.07) is 5.13. The number of aryl methyl sites for hydroxylation is 1. The molecular weight excluding hydrogens is 286 g/mol. The smallest absolute Gasteiger partial charge is 0.301 e. The van der Waals surface area contributed by atoms with Crippen LogP contribution < -0.4 is 11.1 Å². The van der Waals surface area contributed by atoms with E-state index in [1.165, 1.54) is 6.26 Å². The zero-order valence-electron chi connectivity index (χ0n) is 9.03. The second-order valence-electron chi connectivity index (χ2n) is 3.52. The van der Waals surface area contributed by atoms with Gasteiger partial charge in [-0.1, -0.05) is 15.9 Å². The maximum atomic E-state index is 11.8. The van der Waals surface area contributed by atoms with Crippen molar-refractivity contribution < 1.29 is 9.21 Å². The summed E-state index contributed by atoms with van der Waals surface area (Å²) in [4.78, 5) is 15.8. The third-order valence-electron chi connectivity index (χ3n) is 2.02. The van der Waals surface area contributed by atoms with Gasteiger partial charge in [0.1, 0.15) is 6.26 Å². The van der Waals surface area contributed by atoms with Gasteiger partial charge in [0.2, 0.25) is 0 Å². The Morgan fingerprint density at radius 1 is 1.47 bits per heavy atom. The van der Waals surface area contributed by atoms with E-state index in [0.29, 0.717) is 16.9 Å². The molecule has 0 fully saturated rings. The third-order valence-corrected chi connectivity index (χ3v) is 2.48. The lowest BCUT2D eigenvalue weighted by molar-refractivity contribution is 0.102. The van der Waals surface area contributed by atoms with Crippen LogP contribution >= 0.6 is 15.9 Å². The predicted molar refractivity (Wildman–Crippen MR) is 67.7 cm³/mol. The number of aromatic nitrogens is 1. The minimum Gasteiger partial charge on any atom is -0.432 e. The number of hydrogen-bond acceptors (Lipinski definition) is 4. The van der Waals surface area contributed by atoms with Gasteiger partial charge in [-0.05, 0) is 25.1 Å². The van der Waals surface area contributed by atoms with Crippen LogP contribution in [0, 0.1) is 6.92 Å². The molecular formula is C11H10BrN3O2. The standard InChI is InChI=1S/C11H10BrN3O2/c1-6-5-17-11(14-6)15-10(16)7-2-8(12)4-9(13)3-7/h2-5H,13H2,1H3,(H,14,15,16). The molecule has 88 valence electrons. The summed E-state index contributed by atoms with van der Waals surface area (Å²) >= 11 is 3.27. The Morgan fingerprint density at radius 2 is 2.24 bits per heavy atom. The molecule has 6 heteroatoms. The largest absolute Gasteiger partial charge is 0.432 e. The summed E-state index contributed by atoms with van der Waals surface area (Å²) in [5, 5.41) is 2.54. The Bertz CT molecular complexity index is 545. The highest BCUT2D eigenvalue weighted by Gasteiger charge is 2.10. The van der Waals surface area contributed by atoms with Crippen LogP contribution in [0.25, 0.3) is 0 Å². The number of nitrogens with two attached hydrogens (primary N) is 1. The summed E-state index contributed by atoms with van der Waals surface area (Å²) in [5.41, 5.74) is 7.29. The molecule has 17 heavy (non-hydrogen) atoms. The van der Waals surface area contributed by atoms with E-state index in [0.717, 1.165) is 4.47 Å². The van der Waals surface area contributed by atoms with Crippen LogP contribution in [0.4, 0.5) is 11.7 Å². The molecule has 0 spiro atoms. The molecule has 0 saturated heterocycles. The highest BCUT2D eigenvalue weighted by Crippen LogP contribution is 2.18. The summed E-state index contributed by atoms with van der Waals surface area (Å²) in [6.45, 7) is 1.77. The molecule has 0 aliphatic carbocycles. The lowest BCUT2D eigenvalue weighted by Gasteiger charge is -2.03. The average molecular weight is 296 g/mol. The molecule has 2 rings (SSSR count). The van der Waals surface area contributed by atoms with Gasteiger partial charge in [-0.25, -0.2) is 0 Å². The van der Waals surface area contributed by atoms with Gasteiger partial charge < -0.3 is 10.2 Å². The van der Waals surface area contributed by atoms with E-state index in [1.54, 1.807) is 25.1 Å². The lowest BCUT2D eigenvalue weighted by Crippen LogP contribution is -2.12. The molecule has 1 amide bonds. The summed E-state index contributed by atoms with van der Waals surface area (Å²) in [6.07, 6.45) is 1.46. The Morgan fingerprint density at radius 3 is 2.82 bits per heavy atom. The number of hydrogen-bond donors (Lipinski definition) is 2. The van der Waals surface area contributed by atoms with Crippen LogP contribution in [0.2, 0.25) is 0 Å². The fourth-order valence-electron chi connectivity index (χ4n) is 1.32. The van der Waals surface area contributed by atoms with E-state index >= 15 is 0 Å². The molecule has 0 bridgehead atoms. The molecule has 3 N–H and O–H groups in total. The average Bonchev–Trinajstić information content (AvgIpc) is 2.62. The van der Waals surface area contributed by atoms with Crippen molar-refractivity contribution in [1.29, 1.82) is 0 Å². The van der Waals surface area contributed by atoms with Crippen molar-refractivity contribution in [3.05, 3.63) is 40.2 Å². The van der Waals surface area contributed by atoms with Crippen molar-refractivity contribution in [2.75, 3.05) is 11.1 Å². The highest BCUT2D eigenvalue weighted by molar-refractivity contribution is 9.10. The number of halogens is 1. The summed E-state index contributed by atoms with van der Waals surface area (Å²) < 4.78 is 5.77. The van der Waals surface area contributed by atoms with E-state index in [9.17, 15) is 4.79 Å². The summed E-state index contributed by atoms with van der Waals surface area (Å²) in [7, 11) is 0. The van der Waals surface area contributed by atoms with Crippen LogP contribution in [0.15, 0.2) is 33.4 Å². The Hall–Kier alpha value is -1.82. The first-order valence-corrected chi connectivity index (χ1v) is 5.63. The number of anilines is 2. The number of benzene rings is 1. The number of carbonyl (C=O) groups is 1. The van der Waals surface area contributed by atoms with Crippen LogP contribution in [0.3, 0.4) is 0 Å². The quantitative estimate of drug-likeness (QED) is 0.835. The molecule has 1 heterocycles. The SMILES string of the molecule is Cc1coc(NC(=O)c2cc(N)cc(Br)c2)n1. The second kappa shape index (κ2) is 4.58. The van der Waals surface area contributed by atoms with E-state index in [4.69, 9.17) is 10.2 Å². The molecule has 0 aliphatic rings. The van der Waals surface area contributed by atoms with Crippen molar-refractivity contribution in [3.63, 3.8) is 0 Å². The molecule has 1 aromatic carbocycles. The molecule has 5 nitrogen and oxygen atoms in total. The van der Waals surface area contributed by atoms with Crippen molar-refractivity contribution in [3.8, 4) is 0 Å². The Labute approximate surface area is 106 Å². The van der Waals surface area contributed by atoms with Gasteiger partial charge in [0.05, 0.1) is 5.69 Å². The molecule has 0 aliphatic heterocycles. The van der Waals surface area contributed by atoms with Gasteiger partial charge in [0.25, 0.3) is 5.91 Å². The number of rotatable bonds is 2. The number of nitrogen functional groups attached to an aromatic ring is 1. The molecule has 0 unspecified atom stereocenters. The minimum atomic E-state index is -0.320. The number of amides is 1. The zero-order valence-corrected chi connectivity index (χ0v) is 10.6. The fourth-order valence-corrected chi connectivity index (χ4v) is 1.84. The normalized spacial score (nSPS) is 10.2. The fraction of sp³-hybridized carbons (Fsp3) is 0.0909. The highest BCUT2D eigenvalue weighted by atomic mass is 79.9.